The van der Waals surface area contributed by atoms with Crippen LogP contribution in [-0.2, 0) is 6.54 Å². The van der Waals surface area contributed by atoms with Crippen molar-refractivity contribution in [2.45, 2.75) is 6.54 Å². The number of hydrogen-bond donors (Lipinski definition) is 2. The number of nitrogen functional groups attached to an aromatic ring is 1. The van der Waals surface area contributed by atoms with Crippen LogP contribution in [0.4, 0.5) is 5.82 Å². The van der Waals surface area contributed by atoms with E-state index in [4.69, 9.17) is 10.5 Å². The number of hydrogen-bond acceptors (Lipinski definition) is 6. The molecule has 0 fully saturated rings. The molecule has 2 aromatic heterocycles. The number of nitrogens with one attached hydrogen (secondary N) is 1. The minimum absolute atomic E-state index is 0.0123. The second-order valence-electron chi connectivity index (χ2n) is 6.02. The Labute approximate surface area is 153 Å². The van der Waals surface area contributed by atoms with E-state index in [9.17, 15) is 14.4 Å². The maximum atomic E-state index is 12.7. The van der Waals surface area contributed by atoms with Gasteiger partial charge in [-0.25, -0.2) is 4.98 Å². The Morgan fingerprint density at radius 1 is 1.19 bits per heavy atom. The summed E-state index contributed by atoms with van der Waals surface area (Å²) in [6.07, 6.45) is 5.16. The van der Waals surface area contributed by atoms with Gasteiger partial charge in [0, 0.05) is 25.0 Å². The Bertz CT molecular complexity index is 1130. The molecule has 0 saturated carbocycles. The van der Waals surface area contributed by atoms with Gasteiger partial charge in [0.2, 0.25) is 0 Å². The molecule has 3 aromatic rings. The van der Waals surface area contributed by atoms with Crippen LogP contribution in [0.1, 0.15) is 26.3 Å². The Hall–Kier alpha value is -3.88. The van der Waals surface area contributed by atoms with Gasteiger partial charge in [0.25, 0.3) is 17.4 Å². The standard InChI is InChI=1S/C18H15N5O4/c1-27-13-3-2-10(8-22-5-4-20-9-22)6-12(13)23-14(24)7-11-15(16(23)19)18(26)21-17(11)25/h2-7,9H,8,19H2,1H3,(H,21,25,26). The molecule has 1 aliphatic rings. The van der Waals surface area contributed by atoms with Crippen molar-refractivity contribution in [2.75, 3.05) is 12.8 Å². The molecule has 0 atom stereocenters. The molecule has 1 aliphatic heterocycles. The topological polar surface area (TPSA) is 121 Å². The highest BCUT2D eigenvalue weighted by Gasteiger charge is 2.32. The number of rotatable bonds is 4. The van der Waals surface area contributed by atoms with E-state index in [0.717, 1.165) is 11.6 Å². The van der Waals surface area contributed by atoms with Gasteiger partial charge in [0.15, 0.2) is 0 Å². The first-order valence-corrected chi connectivity index (χ1v) is 8.04. The number of nitrogens with two attached hydrogens (primary N) is 1. The van der Waals surface area contributed by atoms with Gasteiger partial charge in [0.05, 0.1) is 30.3 Å². The summed E-state index contributed by atoms with van der Waals surface area (Å²) in [4.78, 5) is 40.5. The summed E-state index contributed by atoms with van der Waals surface area (Å²) in [5, 5.41) is 2.15. The van der Waals surface area contributed by atoms with Crippen molar-refractivity contribution in [2.24, 2.45) is 0 Å². The predicted octanol–water partition coefficient (Wildman–Crippen LogP) is 0.557. The smallest absolute Gasteiger partial charge is 0.262 e. The summed E-state index contributed by atoms with van der Waals surface area (Å²) >= 11 is 0. The van der Waals surface area contributed by atoms with Gasteiger partial charge in [-0.1, -0.05) is 6.07 Å². The third kappa shape index (κ3) is 2.65. The van der Waals surface area contributed by atoms with E-state index in [1.165, 1.54) is 11.7 Å². The molecule has 4 rings (SSSR count). The number of benzene rings is 1. The van der Waals surface area contributed by atoms with Gasteiger partial charge in [-0.2, -0.15) is 0 Å². The number of aromatic nitrogens is 3. The lowest BCUT2D eigenvalue weighted by atomic mass is 10.1. The molecule has 136 valence electrons. The number of imide groups is 1. The van der Waals surface area contributed by atoms with Crippen LogP contribution in [0.25, 0.3) is 5.69 Å². The van der Waals surface area contributed by atoms with Crippen molar-refractivity contribution in [3.05, 3.63) is 70.0 Å². The van der Waals surface area contributed by atoms with Crippen molar-refractivity contribution < 1.29 is 14.3 Å². The van der Waals surface area contributed by atoms with Crippen LogP contribution < -0.4 is 21.3 Å². The first kappa shape index (κ1) is 16.6. The largest absolute Gasteiger partial charge is 0.495 e. The normalized spacial score (nSPS) is 12.8. The highest BCUT2D eigenvalue weighted by Crippen LogP contribution is 2.29. The molecule has 0 unspecified atom stereocenters. The lowest BCUT2D eigenvalue weighted by Crippen LogP contribution is -2.24. The molecule has 27 heavy (non-hydrogen) atoms. The minimum Gasteiger partial charge on any atom is -0.495 e. The molecule has 3 heterocycles. The van der Waals surface area contributed by atoms with Gasteiger partial charge in [0.1, 0.15) is 11.6 Å². The van der Waals surface area contributed by atoms with E-state index < -0.39 is 17.4 Å². The van der Waals surface area contributed by atoms with Gasteiger partial charge >= 0.3 is 0 Å². The summed E-state index contributed by atoms with van der Waals surface area (Å²) in [6.45, 7) is 0.523. The molecule has 1 aromatic carbocycles. The molecule has 2 amide bonds. The van der Waals surface area contributed by atoms with Crippen molar-refractivity contribution in [3.8, 4) is 11.4 Å². The van der Waals surface area contributed by atoms with E-state index in [-0.39, 0.29) is 16.9 Å². The highest BCUT2D eigenvalue weighted by molar-refractivity contribution is 6.23. The van der Waals surface area contributed by atoms with Crippen molar-refractivity contribution in [1.82, 2.24) is 19.4 Å². The molecule has 9 heteroatoms. The maximum absolute atomic E-state index is 12.7. The predicted molar refractivity (Wildman–Crippen MR) is 96.1 cm³/mol. The number of ether oxygens (including phenoxy) is 1. The van der Waals surface area contributed by atoms with Crippen molar-refractivity contribution in [3.63, 3.8) is 0 Å². The van der Waals surface area contributed by atoms with Gasteiger partial charge < -0.3 is 15.0 Å². The number of pyridine rings is 1. The number of nitrogens with zero attached hydrogens (tertiary/aromatic N) is 3. The van der Waals surface area contributed by atoms with Gasteiger partial charge in [-0.05, 0) is 17.7 Å². The average Bonchev–Trinajstić information content (AvgIpc) is 3.23. The Kier molecular flexibility index (Phi) is 3.76. The Morgan fingerprint density at radius 2 is 2.00 bits per heavy atom. The monoisotopic (exact) mass is 365 g/mol. The highest BCUT2D eigenvalue weighted by atomic mass is 16.5. The zero-order valence-corrected chi connectivity index (χ0v) is 14.3. The first-order valence-electron chi connectivity index (χ1n) is 8.04. The molecular weight excluding hydrogens is 350 g/mol. The van der Waals surface area contributed by atoms with E-state index in [1.807, 2.05) is 16.8 Å². The number of carbonyl (C=O) groups is 2. The molecule has 9 nitrogen and oxygen atoms in total. The van der Waals surface area contributed by atoms with E-state index >= 15 is 0 Å². The number of fused-ring (bicyclic) bond motifs is 1. The van der Waals surface area contributed by atoms with Gasteiger partial charge in [-0.3, -0.25) is 24.3 Å². The molecule has 0 spiro atoms. The summed E-state index contributed by atoms with van der Waals surface area (Å²) in [5.41, 5.74) is 6.80. The first-order chi connectivity index (χ1) is 13.0. The van der Waals surface area contributed by atoms with Crippen molar-refractivity contribution >= 4 is 17.6 Å². The van der Waals surface area contributed by atoms with Crippen LogP contribution in [0.3, 0.4) is 0 Å². The maximum Gasteiger partial charge on any atom is 0.262 e. The number of anilines is 1. The number of methoxy groups -OCH3 is 1. The van der Waals surface area contributed by atoms with Gasteiger partial charge in [-0.15, -0.1) is 0 Å². The molecule has 3 N–H and O–H groups in total. The second-order valence-corrected chi connectivity index (χ2v) is 6.02. The second kappa shape index (κ2) is 6.13. The summed E-state index contributed by atoms with van der Waals surface area (Å²) < 4.78 is 8.41. The van der Waals surface area contributed by atoms with Crippen LogP contribution >= 0.6 is 0 Å². The zero-order valence-electron chi connectivity index (χ0n) is 14.3. The fourth-order valence-corrected chi connectivity index (χ4v) is 3.13. The molecular formula is C18H15N5O4. The summed E-state index contributed by atoms with van der Waals surface area (Å²) in [7, 11) is 1.47. The number of amides is 2. The molecule has 0 bridgehead atoms. The van der Waals surface area contributed by atoms with E-state index in [0.29, 0.717) is 18.0 Å². The van der Waals surface area contributed by atoms with Crippen molar-refractivity contribution in [1.29, 1.82) is 0 Å². The lowest BCUT2D eigenvalue weighted by Gasteiger charge is -2.16. The van der Waals surface area contributed by atoms with E-state index in [1.54, 1.807) is 24.7 Å². The van der Waals surface area contributed by atoms with Crippen LogP contribution in [0.5, 0.6) is 5.75 Å². The summed E-state index contributed by atoms with van der Waals surface area (Å²) in [6, 6.07) is 6.42. The lowest BCUT2D eigenvalue weighted by molar-refractivity contribution is 0.0880. The Morgan fingerprint density at radius 3 is 2.70 bits per heavy atom. The molecule has 0 radical (unpaired) electrons. The van der Waals surface area contributed by atoms with Crippen LogP contribution in [0, 0.1) is 0 Å². The third-order valence-corrected chi connectivity index (χ3v) is 4.36. The minimum atomic E-state index is -0.633. The van der Waals surface area contributed by atoms with E-state index in [2.05, 4.69) is 10.3 Å². The molecule has 0 saturated heterocycles. The SMILES string of the molecule is COc1ccc(Cn2ccnc2)cc1-n1c(N)c2c(cc1=O)C(=O)NC2=O. The van der Waals surface area contributed by atoms with Crippen LogP contribution in [0.2, 0.25) is 0 Å². The quantitative estimate of drug-likeness (QED) is 0.652. The average molecular weight is 365 g/mol. The fourth-order valence-electron chi connectivity index (χ4n) is 3.13. The number of carbonyl (C=O) groups excluding carboxylic acids is 2. The zero-order chi connectivity index (χ0) is 19.1. The third-order valence-electron chi connectivity index (χ3n) is 4.36. The molecule has 0 aliphatic carbocycles. The Balaban J connectivity index is 1.90. The summed E-state index contributed by atoms with van der Waals surface area (Å²) in [5.74, 6) is -0.969. The van der Waals surface area contributed by atoms with Crippen LogP contribution in [0.15, 0.2) is 47.8 Å². The van der Waals surface area contributed by atoms with Crippen LogP contribution in [-0.4, -0.2) is 33.0 Å². The number of imidazole rings is 1. The fraction of sp³-hybridized carbons (Fsp3) is 0.111.